The third-order valence-corrected chi connectivity index (χ3v) is 5.34. The highest BCUT2D eigenvalue weighted by atomic mass is 35.5. The minimum absolute atomic E-state index is 0. The molecule has 0 aliphatic carbocycles. The Kier molecular flexibility index (Phi) is 6.36. The van der Waals surface area contributed by atoms with Crippen LogP contribution in [0, 0.1) is 0 Å². The zero-order valence-corrected chi connectivity index (χ0v) is 17.0. The summed E-state index contributed by atoms with van der Waals surface area (Å²) in [6.45, 7) is 6.46. The number of nitrogens with one attached hydrogen (secondary N) is 1. The maximum absolute atomic E-state index is 13.1. The average Bonchev–Trinajstić information content (AvgIpc) is 3.36. The second-order valence-electron chi connectivity index (χ2n) is 7.02. The predicted molar refractivity (Wildman–Crippen MR) is 110 cm³/mol. The van der Waals surface area contributed by atoms with Crippen molar-refractivity contribution in [2.75, 3.05) is 19.6 Å². The molecule has 1 N–H and O–H groups in total. The number of halogens is 1. The van der Waals surface area contributed by atoms with Crippen molar-refractivity contribution in [2.45, 2.75) is 38.8 Å². The van der Waals surface area contributed by atoms with Crippen LogP contribution in [0.3, 0.4) is 0 Å². The van der Waals surface area contributed by atoms with E-state index in [1.54, 1.807) is 11.1 Å². The van der Waals surface area contributed by atoms with Crippen LogP contribution in [0.25, 0.3) is 11.0 Å². The van der Waals surface area contributed by atoms with Crippen LogP contribution in [-0.2, 0) is 0 Å². The Labute approximate surface area is 170 Å². The second-order valence-corrected chi connectivity index (χ2v) is 7.02. The van der Waals surface area contributed by atoms with Crippen LogP contribution in [-0.4, -0.2) is 45.4 Å². The van der Waals surface area contributed by atoms with Gasteiger partial charge in [-0.25, -0.2) is 4.68 Å². The molecule has 4 rings (SSSR count). The van der Waals surface area contributed by atoms with Crippen LogP contribution < -0.4 is 5.32 Å². The summed E-state index contributed by atoms with van der Waals surface area (Å²) in [6.07, 6.45) is 3.79. The number of rotatable bonds is 5. The molecule has 0 saturated carbocycles. The van der Waals surface area contributed by atoms with Crippen LogP contribution in [0.1, 0.15) is 55.0 Å². The summed E-state index contributed by atoms with van der Waals surface area (Å²) in [7, 11) is 0. The number of amides is 1. The Morgan fingerprint density at radius 2 is 2.11 bits per heavy atom. The molecule has 0 radical (unpaired) electrons. The van der Waals surface area contributed by atoms with E-state index < -0.39 is 0 Å². The smallest absolute Gasteiger partial charge is 0.276 e. The number of para-hydroxylation sites is 1. The molecule has 1 aliphatic rings. The van der Waals surface area contributed by atoms with Crippen molar-refractivity contribution in [3.05, 3.63) is 48.0 Å². The molecule has 7 nitrogen and oxygen atoms in total. The highest BCUT2D eigenvalue weighted by Gasteiger charge is 2.27. The molecule has 3 aromatic rings. The third kappa shape index (κ3) is 3.91. The van der Waals surface area contributed by atoms with E-state index in [4.69, 9.17) is 4.42 Å². The molecule has 1 unspecified atom stereocenters. The van der Waals surface area contributed by atoms with Gasteiger partial charge in [0.25, 0.3) is 5.91 Å². The van der Waals surface area contributed by atoms with Crippen molar-refractivity contribution in [3.63, 3.8) is 0 Å². The van der Waals surface area contributed by atoms with E-state index in [1.807, 2.05) is 48.9 Å². The maximum Gasteiger partial charge on any atom is 0.276 e. The van der Waals surface area contributed by atoms with Crippen molar-refractivity contribution in [1.29, 1.82) is 0 Å². The summed E-state index contributed by atoms with van der Waals surface area (Å²) < 4.78 is 7.80. The summed E-state index contributed by atoms with van der Waals surface area (Å²) in [5.41, 5.74) is 1.22. The van der Waals surface area contributed by atoms with Gasteiger partial charge in [-0.3, -0.25) is 4.79 Å². The standard InChI is InChI=1S/C20H25N5O2.ClH/c1-3-24(14(2)19-12-15-6-4-5-7-18(15)27-19)20(26)17-13-25(23-22-17)16-8-10-21-11-9-16;/h4-7,12-14,16,21H,3,8-11H2,1-2H3;1H. The zero-order chi connectivity index (χ0) is 18.8. The van der Waals surface area contributed by atoms with E-state index >= 15 is 0 Å². The van der Waals surface area contributed by atoms with E-state index in [1.165, 1.54) is 0 Å². The Bertz CT molecular complexity index is 898. The lowest BCUT2D eigenvalue weighted by Gasteiger charge is -2.25. The van der Waals surface area contributed by atoms with Gasteiger partial charge in [-0.15, -0.1) is 17.5 Å². The molecule has 1 fully saturated rings. The molecule has 1 amide bonds. The fourth-order valence-electron chi connectivity index (χ4n) is 3.73. The van der Waals surface area contributed by atoms with Gasteiger partial charge in [0.15, 0.2) is 5.69 Å². The number of piperidine rings is 1. The van der Waals surface area contributed by atoms with Crippen LogP contribution in [0.5, 0.6) is 0 Å². The van der Waals surface area contributed by atoms with Gasteiger partial charge in [0, 0.05) is 11.9 Å². The SMILES string of the molecule is CCN(C(=O)c1cn(C2CCNCC2)nn1)C(C)c1cc2ccccc2o1.Cl. The van der Waals surface area contributed by atoms with Gasteiger partial charge < -0.3 is 14.6 Å². The molecular formula is C20H26ClN5O2. The third-order valence-electron chi connectivity index (χ3n) is 5.34. The first kappa shape index (κ1) is 20.4. The van der Waals surface area contributed by atoms with E-state index in [0.717, 1.165) is 42.7 Å². The first-order valence-electron chi connectivity index (χ1n) is 9.59. The molecule has 2 aromatic heterocycles. The van der Waals surface area contributed by atoms with Gasteiger partial charge in [0.05, 0.1) is 18.3 Å². The van der Waals surface area contributed by atoms with E-state index in [9.17, 15) is 4.79 Å². The first-order chi connectivity index (χ1) is 13.2. The number of carbonyl (C=O) groups is 1. The lowest BCUT2D eigenvalue weighted by Crippen LogP contribution is -2.33. The molecule has 0 spiro atoms. The van der Waals surface area contributed by atoms with Gasteiger partial charge >= 0.3 is 0 Å². The highest BCUT2D eigenvalue weighted by molar-refractivity contribution is 5.92. The Balaban J connectivity index is 0.00000225. The van der Waals surface area contributed by atoms with E-state index in [0.29, 0.717) is 18.3 Å². The molecule has 1 aromatic carbocycles. The number of furan rings is 1. The Hall–Kier alpha value is -2.38. The molecule has 1 aliphatic heterocycles. The summed E-state index contributed by atoms with van der Waals surface area (Å²) in [6, 6.07) is 10.0. The van der Waals surface area contributed by atoms with Crippen LogP contribution in [0.4, 0.5) is 0 Å². The van der Waals surface area contributed by atoms with Gasteiger partial charge in [-0.2, -0.15) is 0 Å². The molecule has 0 bridgehead atoms. The predicted octanol–water partition coefficient (Wildman–Crippen LogP) is 3.59. The quantitative estimate of drug-likeness (QED) is 0.704. The lowest BCUT2D eigenvalue weighted by molar-refractivity contribution is 0.0678. The van der Waals surface area contributed by atoms with Crippen molar-refractivity contribution >= 4 is 29.3 Å². The summed E-state index contributed by atoms with van der Waals surface area (Å²) in [5.74, 6) is 0.655. The Morgan fingerprint density at radius 1 is 1.36 bits per heavy atom. The van der Waals surface area contributed by atoms with Gasteiger partial charge in [-0.1, -0.05) is 23.4 Å². The first-order valence-corrected chi connectivity index (χ1v) is 9.59. The van der Waals surface area contributed by atoms with E-state index in [-0.39, 0.29) is 24.4 Å². The summed E-state index contributed by atoms with van der Waals surface area (Å²) in [5, 5.41) is 12.7. The maximum atomic E-state index is 13.1. The van der Waals surface area contributed by atoms with Crippen molar-refractivity contribution in [3.8, 4) is 0 Å². The number of fused-ring (bicyclic) bond motifs is 1. The van der Waals surface area contributed by atoms with Crippen LogP contribution in [0.15, 0.2) is 40.9 Å². The number of hydrogen-bond acceptors (Lipinski definition) is 5. The molecule has 1 atom stereocenters. The Morgan fingerprint density at radius 3 is 2.82 bits per heavy atom. The molecule has 28 heavy (non-hydrogen) atoms. The monoisotopic (exact) mass is 403 g/mol. The number of nitrogens with zero attached hydrogens (tertiary/aromatic N) is 4. The van der Waals surface area contributed by atoms with Gasteiger partial charge in [-0.05, 0) is 51.9 Å². The fourth-order valence-corrected chi connectivity index (χ4v) is 3.73. The van der Waals surface area contributed by atoms with Crippen LogP contribution >= 0.6 is 12.4 Å². The highest BCUT2D eigenvalue weighted by Crippen LogP contribution is 2.28. The number of hydrogen-bond donors (Lipinski definition) is 1. The van der Waals surface area contributed by atoms with Crippen molar-refractivity contribution in [2.24, 2.45) is 0 Å². The molecule has 150 valence electrons. The number of aromatic nitrogens is 3. The van der Waals surface area contributed by atoms with Crippen molar-refractivity contribution in [1.82, 2.24) is 25.2 Å². The summed E-state index contributed by atoms with van der Waals surface area (Å²) >= 11 is 0. The summed E-state index contributed by atoms with van der Waals surface area (Å²) in [4.78, 5) is 14.8. The topological polar surface area (TPSA) is 76.2 Å². The molecule has 8 heteroatoms. The average molecular weight is 404 g/mol. The molecular weight excluding hydrogens is 378 g/mol. The number of carbonyl (C=O) groups excluding carboxylic acids is 1. The fraction of sp³-hybridized carbons (Fsp3) is 0.450. The lowest BCUT2D eigenvalue weighted by atomic mass is 10.1. The second kappa shape index (κ2) is 8.75. The zero-order valence-electron chi connectivity index (χ0n) is 16.2. The largest absolute Gasteiger partial charge is 0.459 e. The molecule has 1 saturated heterocycles. The van der Waals surface area contributed by atoms with Gasteiger partial charge in [0.1, 0.15) is 11.3 Å². The van der Waals surface area contributed by atoms with Crippen LogP contribution in [0.2, 0.25) is 0 Å². The van der Waals surface area contributed by atoms with Crippen molar-refractivity contribution < 1.29 is 9.21 Å². The molecule has 3 heterocycles. The van der Waals surface area contributed by atoms with E-state index in [2.05, 4.69) is 15.6 Å². The van der Waals surface area contributed by atoms with Gasteiger partial charge in [0.2, 0.25) is 0 Å². The minimum Gasteiger partial charge on any atom is -0.459 e. The number of benzene rings is 1. The minimum atomic E-state index is -0.182. The normalized spacial score (nSPS) is 15.9.